The predicted molar refractivity (Wildman–Crippen MR) is 47.8 cm³/mol. The Morgan fingerprint density at radius 3 is 1.40 bits per heavy atom. The Kier molecular flexibility index (Phi) is 2.35. The monoisotopic (exact) mass is 220 g/mol. The van der Waals surface area contributed by atoms with E-state index in [2.05, 4.69) is 0 Å². The first-order valence-electron chi connectivity index (χ1n) is 5.01. The Morgan fingerprint density at radius 1 is 0.733 bits per heavy atom. The number of hydrogen-bond donors (Lipinski definition) is 6. The fraction of sp³-hybridized carbons (Fsp3) is 1.00. The van der Waals surface area contributed by atoms with Gasteiger partial charge in [0.25, 0.3) is 0 Å². The van der Waals surface area contributed by atoms with Crippen molar-refractivity contribution in [3.8, 4) is 0 Å². The van der Waals surface area contributed by atoms with E-state index < -0.39 is 35.6 Å². The lowest BCUT2D eigenvalue weighted by Gasteiger charge is -2.51. The van der Waals surface area contributed by atoms with E-state index in [4.69, 9.17) is 0 Å². The summed E-state index contributed by atoms with van der Waals surface area (Å²) in [5.74, 6) is 0. The van der Waals surface area contributed by atoms with Gasteiger partial charge in [-0.2, -0.15) is 0 Å². The molecule has 0 amide bonds. The van der Waals surface area contributed by atoms with E-state index >= 15 is 0 Å². The molecule has 0 spiro atoms. The first-order chi connectivity index (χ1) is 6.84. The molecule has 6 nitrogen and oxygen atoms in total. The van der Waals surface area contributed by atoms with Crippen molar-refractivity contribution in [2.75, 3.05) is 0 Å². The van der Waals surface area contributed by atoms with Crippen LogP contribution in [0.3, 0.4) is 0 Å². The highest BCUT2D eigenvalue weighted by atomic mass is 16.4. The minimum absolute atomic E-state index is 0.0888. The SMILES string of the molecule is O[C@H]1[C@H](O)[C@H](O)[C@]2(O)CCC[C@@]2(O)[C@H]1O. The normalized spacial score (nSPS) is 60.4. The maximum absolute atomic E-state index is 10.1. The summed E-state index contributed by atoms with van der Waals surface area (Å²) in [6.07, 6.45) is -6.00. The van der Waals surface area contributed by atoms with Crippen LogP contribution in [0.2, 0.25) is 0 Å². The number of rotatable bonds is 0. The molecule has 0 aliphatic heterocycles. The van der Waals surface area contributed by atoms with Gasteiger partial charge in [0.05, 0.1) is 0 Å². The third-order valence-corrected chi connectivity index (χ3v) is 3.84. The van der Waals surface area contributed by atoms with E-state index in [9.17, 15) is 30.6 Å². The molecular weight excluding hydrogens is 204 g/mol. The first-order valence-corrected chi connectivity index (χ1v) is 5.01. The first kappa shape index (κ1) is 11.3. The third-order valence-electron chi connectivity index (χ3n) is 3.84. The number of aliphatic hydroxyl groups excluding tert-OH is 4. The van der Waals surface area contributed by atoms with E-state index in [-0.39, 0.29) is 12.8 Å². The van der Waals surface area contributed by atoms with Gasteiger partial charge in [-0.3, -0.25) is 0 Å². The fourth-order valence-electron chi connectivity index (χ4n) is 2.81. The van der Waals surface area contributed by atoms with Crippen LogP contribution in [-0.2, 0) is 0 Å². The summed E-state index contributed by atoms with van der Waals surface area (Å²) >= 11 is 0. The van der Waals surface area contributed by atoms with Gasteiger partial charge in [0.1, 0.15) is 35.6 Å². The van der Waals surface area contributed by atoms with Gasteiger partial charge < -0.3 is 30.6 Å². The van der Waals surface area contributed by atoms with Gasteiger partial charge in [-0.15, -0.1) is 0 Å². The third kappa shape index (κ3) is 1.15. The Bertz CT molecular complexity index is 245. The fourth-order valence-corrected chi connectivity index (χ4v) is 2.81. The molecule has 0 aromatic heterocycles. The predicted octanol–water partition coefficient (Wildman–Crippen LogP) is -2.91. The van der Waals surface area contributed by atoms with Crippen LogP contribution in [0.1, 0.15) is 19.3 Å². The molecule has 0 aromatic carbocycles. The molecule has 0 unspecified atom stereocenters. The van der Waals surface area contributed by atoms with E-state index in [1.54, 1.807) is 0 Å². The average Bonchev–Trinajstić information content (AvgIpc) is 2.52. The summed E-state index contributed by atoms with van der Waals surface area (Å²) in [5, 5.41) is 58.2. The molecule has 2 rings (SSSR count). The highest BCUT2D eigenvalue weighted by molar-refractivity contribution is 5.19. The number of hydrogen-bond acceptors (Lipinski definition) is 6. The van der Waals surface area contributed by atoms with Crippen LogP contribution < -0.4 is 0 Å². The maximum atomic E-state index is 10.1. The van der Waals surface area contributed by atoms with Crippen molar-refractivity contribution in [1.82, 2.24) is 0 Å². The summed E-state index contributed by atoms with van der Waals surface area (Å²) < 4.78 is 0. The molecule has 0 bridgehead atoms. The number of fused-ring (bicyclic) bond motifs is 1. The summed E-state index contributed by atoms with van der Waals surface area (Å²) in [5.41, 5.74) is -3.88. The van der Waals surface area contributed by atoms with Gasteiger partial charge in [0, 0.05) is 0 Å². The largest absolute Gasteiger partial charge is 0.387 e. The molecule has 6 heteroatoms. The van der Waals surface area contributed by atoms with Gasteiger partial charge in [-0.05, 0) is 19.3 Å². The van der Waals surface area contributed by atoms with Gasteiger partial charge in [0.2, 0.25) is 0 Å². The Balaban J connectivity index is 2.43. The minimum atomic E-state index is -1.94. The van der Waals surface area contributed by atoms with Crippen LogP contribution in [0.25, 0.3) is 0 Å². The second-order valence-corrected chi connectivity index (χ2v) is 4.57. The molecular formula is C9H16O6. The Hall–Kier alpha value is -0.240. The summed E-state index contributed by atoms with van der Waals surface area (Å²) in [6.45, 7) is 0. The zero-order chi connectivity index (χ0) is 11.4. The molecule has 6 atom stereocenters. The lowest BCUT2D eigenvalue weighted by atomic mass is 9.68. The van der Waals surface area contributed by atoms with Crippen molar-refractivity contribution in [1.29, 1.82) is 0 Å². The van der Waals surface area contributed by atoms with E-state index in [1.807, 2.05) is 0 Å². The minimum Gasteiger partial charge on any atom is -0.387 e. The van der Waals surface area contributed by atoms with E-state index in [0.29, 0.717) is 6.42 Å². The molecule has 2 fully saturated rings. The number of aliphatic hydroxyl groups is 6. The molecule has 88 valence electrons. The zero-order valence-electron chi connectivity index (χ0n) is 8.11. The van der Waals surface area contributed by atoms with E-state index in [1.165, 1.54) is 0 Å². The van der Waals surface area contributed by atoms with Crippen LogP contribution in [0.15, 0.2) is 0 Å². The summed E-state index contributed by atoms with van der Waals surface area (Å²) in [6, 6.07) is 0. The van der Waals surface area contributed by atoms with Crippen LogP contribution in [0.4, 0.5) is 0 Å². The lowest BCUT2D eigenvalue weighted by Crippen LogP contribution is -2.75. The quantitative estimate of drug-likeness (QED) is 0.260. The molecule has 0 aromatic rings. The van der Waals surface area contributed by atoms with Crippen molar-refractivity contribution in [2.24, 2.45) is 0 Å². The standard InChI is InChI=1S/C9H16O6/c10-4-5(11)7(13)9(15)3-1-2-8(9,14)6(4)12/h4-7,10-15H,1-3H2/t4-,5-,6-,7-,8+,9+/m0/s1. The van der Waals surface area contributed by atoms with Crippen LogP contribution in [-0.4, -0.2) is 66.3 Å². The van der Waals surface area contributed by atoms with Crippen molar-refractivity contribution in [2.45, 2.75) is 54.9 Å². The summed E-state index contributed by atoms with van der Waals surface area (Å²) in [7, 11) is 0. The molecule has 0 saturated heterocycles. The van der Waals surface area contributed by atoms with Crippen molar-refractivity contribution in [3.05, 3.63) is 0 Å². The molecule has 2 aliphatic carbocycles. The zero-order valence-corrected chi connectivity index (χ0v) is 8.11. The highest BCUT2D eigenvalue weighted by Gasteiger charge is 2.68. The lowest BCUT2D eigenvalue weighted by molar-refractivity contribution is -0.300. The molecule has 6 N–H and O–H groups in total. The van der Waals surface area contributed by atoms with Gasteiger partial charge in [-0.1, -0.05) is 0 Å². The van der Waals surface area contributed by atoms with Crippen LogP contribution in [0.5, 0.6) is 0 Å². The van der Waals surface area contributed by atoms with Gasteiger partial charge in [0.15, 0.2) is 0 Å². The second kappa shape index (κ2) is 3.13. The Labute approximate surface area is 86.4 Å². The average molecular weight is 220 g/mol. The maximum Gasteiger partial charge on any atom is 0.124 e. The molecule has 2 aliphatic rings. The second-order valence-electron chi connectivity index (χ2n) is 4.57. The van der Waals surface area contributed by atoms with Crippen molar-refractivity contribution in [3.63, 3.8) is 0 Å². The highest BCUT2D eigenvalue weighted by Crippen LogP contribution is 2.48. The van der Waals surface area contributed by atoms with Crippen molar-refractivity contribution < 1.29 is 30.6 Å². The van der Waals surface area contributed by atoms with E-state index in [0.717, 1.165) is 0 Å². The van der Waals surface area contributed by atoms with Gasteiger partial charge >= 0.3 is 0 Å². The van der Waals surface area contributed by atoms with Gasteiger partial charge in [-0.25, -0.2) is 0 Å². The molecule has 0 heterocycles. The topological polar surface area (TPSA) is 121 Å². The smallest absolute Gasteiger partial charge is 0.124 e. The molecule has 2 saturated carbocycles. The van der Waals surface area contributed by atoms with Crippen LogP contribution in [0, 0.1) is 0 Å². The van der Waals surface area contributed by atoms with Crippen molar-refractivity contribution >= 4 is 0 Å². The Morgan fingerprint density at radius 2 is 1.07 bits per heavy atom. The molecule has 0 radical (unpaired) electrons. The molecule has 15 heavy (non-hydrogen) atoms. The van der Waals surface area contributed by atoms with Crippen LogP contribution >= 0.6 is 0 Å². The summed E-state index contributed by atoms with van der Waals surface area (Å²) in [4.78, 5) is 0.